The Bertz CT molecular complexity index is 403. The van der Waals surface area contributed by atoms with Gasteiger partial charge in [-0.1, -0.05) is 0 Å². The van der Waals surface area contributed by atoms with Crippen LogP contribution in [-0.2, 0) is 6.54 Å². The van der Waals surface area contributed by atoms with E-state index in [0.717, 1.165) is 0 Å². The van der Waals surface area contributed by atoms with Gasteiger partial charge in [0, 0.05) is 17.9 Å². The minimum Gasteiger partial charge on any atom is -0.437 e. The van der Waals surface area contributed by atoms with Gasteiger partial charge in [-0.25, -0.2) is 0 Å². The zero-order valence-electron chi connectivity index (χ0n) is 8.21. The van der Waals surface area contributed by atoms with Crippen LogP contribution in [0.3, 0.4) is 0 Å². The second-order valence-corrected chi connectivity index (χ2v) is 3.79. The maximum Gasteiger partial charge on any atom is 0.414 e. The van der Waals surface area contributed by atoms with Gasteiger partial charge in [-0.05, 0) is 11.8 Å². The highest BCUT2D eigenvalue weighted by Gasteiger charge is 2.35. The highest BCUT2D eigenvalue weighted by atomic mass is 16.6. The van der Waals surface area contributed by atoms with Crippen molar-refractivity contribution in [3.63, 3.8) is 0 Å². The number of aryl methyl sites for hydroxylation is 1. The molecule has 2 rings (SSSR count). The highest BCUT2D eigenvalue weighted by molar-refractivity contribution is 5.22. The molecule has 1 aromatic heterocycles. The fourth-order valence-electron chi connectivity index (χ4n) is 1.45. The van der Waals surface area contributed by atoms with Crippen molar-refractivity contribution in [3.05, 3.63) is 16.3 Å². The number of fused-ring (bicyclic) bond motifs is 1. The average molecular weight is 213 g/mol. The first-order chi connectivity index (χ1) is 7.04. The predicted octanol–water partition coefficient (Wildman–Crippen LogP) is 0.325. The number of hydrogen-bond acceptors (Lipinski definition) is 5. The third-order valence-electron chi connectivity index (χ3n) is 2.47. The lowest BCUT2D eigenvalue weighted by atomic mass is 10.0. The van der Waals surface area contributed by atoms with Crippen LogP contribution in [0.15, 0.2) is 6.20 Å². The van der Waals surface area contributed by atoms with Crippen LogP contribution in [0.4, 0.5) is 5.82 Å². The molecular formula is C8H11N3O4. The Morgan fingerprint density at radius 3 is 3.20 bits per heavy atom. The number of nitrogens with zero attached hydrogens (tertiary/aromatic N) is 3. The van der Waals surface area contributed by atoms with Crippen LogP contribution in [0.5, 0.6) is 6.01 Å². The molecule has 1 aliphatic rings. The quantitative estimate of drug-likeness (QED) is 0.564. The molecular weight excluding hydrogens is 202 g/mol. The molecule has 0 aromatic carbocycles. The van der Waals surface area contributed by atoms with Gasteiger partial charge in [-0.15, -0.1) is 0 Å². The Morgan fingerprint density at radius 2 is 2.60 bits per heavy atom. The van der Waals surface area contributed by atoms with E-state index < -0.39 is 10.5 Å². The van der Waals surface area contributed by atoms with Crippen LogP contribution in [0.2, 0.25) is 0 Å². The van der Waals surface area contributed by atoms with Gasteiger partial charge in [0.05, 0.1) is 6.61 Å². The van der Waals surface area contributed by atoms with E-state index in [0.29, 0.717) is 13.0 Å². The molecule has 7 nitrogen and oxygen atoms in total. The summed E-state index contributed by atoms with van der Waals surface area (Å²) in [6.45, 7) is 2.18. The number of hydrogen-bond donors (Lipinski definition) is 1. The maximum atomic E-state index is 10.5. The molecule has 15 heavy (non-hydrogen) atoms. The maximum absolute atomic E-state index is 10.5. The first-order valence-corrected chi connectivity index (χ1v) is 4.55. The summed E-state index contributed by atoms with van der Waals surface area (Å²) in [6, 6.07) is 0.199. The summed E-state index contributed by atoms with van der Waals surface area (Å²) in [5.41, 5.74) is -0.685. The van der Waals surface area contributed by atoms with E-state index >= 15 is 0 Å². The smallest absolute Gasteiger partial charge is 0.414 e. The van der Waals surface area contributed by atoms with Gasteiger partial charge in [0.1, 0.15) is 11.8 Å². The fourth-order valence-corrected chi connectivity index (χ4v) is 1.45. The molecule has 0 radical (unpaired) electrons. The summed E-state index contributed by atoms with van der Waals surface area (Å²) < 4.78 is 6.98. The molecule has 0 bridgehead atoms. The molecule has 0 unspecified atom stereocenters. The third-order valence-corrected chi connectivity index (χ3v) is 2.47. The Morgan fingerprint density at radius 1 is 1.87 bits per heavy atom. The molecule has 1 aromatic rings. The van der Waals surface area contributed by atoms with Gasteiger partial charge in [0.2, 0.25) is 0 Å². The van der Waals surface area contributed by atoms with Gasteiger partial charge in [0.15, 0.2) is 0 Å². The molecule has 0 fully saturated rings. The molecule has 0 spiro atoms. The summed E-state index contributed by atoms with van der Waals surface area (Å²) in [6.07, 6.45) is 1.94. The molecule has 82 valence electrons. The van der Waals surface area contributed by atoms with Crippen LogP contribution < -0.4 is 4.74 Å². The van der Waals surface area contributed by atoms with Gasteiger partial charge < -0.3 is 20.0 Å². The monoisotopic (exact) mass is 213 g/mol. The largest absolute Gasteiger partial charge is 0.437 e. The number of ether oxygens (including phenoxy) is 1. The molecule has 1 N–H and O–H groups in total. The first-order valence-electron chi connectivity index (χ1n) is 4.55. The number of aromatic nitrogens is 2. The van der Waals surface area contributed by atoms with Crippen LogP contribution in [0.25, 0.3) is 0 Å². The van der Waals surface area contributed by atoms with E-state index in [2.05, 4.69) is 4.98 Å². The van der Waals surface area contributed by atoms with Crippen LogP contribution in [0, 0.1) is 10.1 Å². The minimum absolute atomic E-state index is 0.131. The van der Waals surface area contributed by atoms with Crippen LogP contribution in [-0.4, -0.2) is 31.8 Å². The fraction of sp³-hybridized carbons (Fsp3) is 0.625. The van der Waals surface area contributed by atoms with Crippen molar-refractivity contribution in [3.8, 4) is 6.01 Å². The van der Waals surface area contributed by atoms with Crippen molar-refractivity contribution in [2.45, 2.75) is 25.5 Å². The van der Waals surface area contributed by atoms with E-state index in [4.69, 9.17) is 9.84 Å². The second kappa shape index (κ2) is 3.20. The van der Waals surface area contributed by atoms with E-state index in [9.17, 15) is 10.1 Å². The lowest BCUT2D eigenvalue weighted by molar-refractivity contribution is -0.389. The second-order valence-electron chi connectivity index (χ2n) is 3.79. The van der Waals surface area contributed by atoms with Crippen LogP contribution in [0.1, 0.15) is 13.3 Å². The minimum atomic E-state index is -0.685. The zero-order valence-corrected chi connectivity index (χ0v) is 8.21. The summed E-state index contributed by atoms with van der Waals surface area (Å²) >= 11 is 0. The summed E-state index contributed by atoms with van der Waals surface area (Å²) in [5.74, 6) is -0.229. The molecule has 1 atom stereocenters. The van der Waals surface area contributed by atoms with Crippen molar-refractivity contribution in [2.24, 2.45) is 0 Å². The number of imidazole rings is 1. The Hall–Kier alpha value is -1.63. The molecule has 0 amide bonds. The summed E-state index contributed by atoms with van der Waals surface area (Å²) in [5, 5.41) is 19.6. The van der Waals surface area contributed by atoms with Gasteiger partial charge in [-0.2, -0.15) is 0 Å². The normalized spacial score (nSPS) is 24.4. The average Bonchev–Trinajstić information content (AvgIpc) is 2.60. The Kier molecular flexibility index (Phi) is 2.11. The lowest BCUT2D eigenvalue weighted by Gasteiger charge is -2.30. The Balaban J connectivity index is 2.30. The molecule has 7 heteroatoms. The number of rotatable bonds is 2. The van der Waals surface area contributed by atoms with E-state index in [1.807, 2.05) is 0 Å². The number of aliphatic hydroxyl groups excluding tert-OH is 1. The van der Waals surface area contributed by atoms with E-state index in [-0.39, 0.29) is 18.4 Å². The van der Waals surface area contributed by atoms with Crippen molar-refractivity contribution >= 4 is 5.82 Å². The zero-order chi connectivity index (χ0) is 11.1. The van der Waals surface area contributed by atoms with Crippen molar-refractivity contribution in [1.82, 2.24) is 9.55 Å². The summed E-state index contributed by atoms with van der Waals surface area (Å²) in [4.78, 5) is 13.6. The standard InChI is InChI=1S/C8H11N3O4/c1-8(5-12)2-3-10-4-6(11(13)14)9-7(10)15-8/h4,12H,2-3,5H2,1H3/t8-/m0/s1. The predicted molar refractivity (Wildman–Crippen MR) is 49.6 cm³/mol. The molecule has 0 aliphatic carbocycles. The number of nitro groups is 1. The molecule has 0 saturated carbocycles. The van der Waals surface area contributed by atoms with Crippen molar-refractivity contribution < 1.29 is 14.8 Å². The number of aliphatic hydroxyl groups is 1. The SMILES string of the molecule is C[C@@]1(CO)CCn2cc([N+](=O)[O-])nc2O1. The molecule has 2 heterocycles. The van der Waals surface area contributed by atoms with E-state index in [1.54, 1.807) is 11.5 Å². The van der Waals surface area contributed by atoms with Crippen molar-refractivity contribution in [1.29, 1.82) is 0 Å². The lowest BCUT2D eigenvalue weighted by Crippen LogP contribution is -2.41. The third kappa shape index (κ3) is 1.65. The summed E-state index contributed by atoms with van der Waals surface area (Å²) in [7, 11) is 0. The van der Waals surface area contributed by atoms with Gasteiger partial charge in [-0.3, -0.25) is 4.57 Å². The van der Waals surface area contributed by atoms with E-state index in [1.165, 1.54) is 6.20 Å². The molecule has 1 aliphatic heterocycles. The van der Waals surface area contributed by atoms with Crippen LogP contribution >= 0.6 is 0 Å². The first kappa shape index (κ1) is 9.91. The van der Waals surface area contributed by atoms with Gasteiger partial charge >= 0.3 is 11.8 Å². The Labute approximate surface area is 85.4 Å². The highest BCUT2D eigenvalue weighted by Crippen LogP contribution is 2.29. The van der Waals surface area contributed by atoms with Crippen molar-refractivity contribution in [2.75, 3.05) is 6.61 Å². The topological polar surface area (TPSA) is 90.4 Å². The van der Waals surface area contributed by atoms with Gasteiger partial charge in [0.25, 0.3) is 0 Å². The molecule has 0 saturated heterocycles.